The molecule has 4 nitrogen and oxygen atoms in total. The number of carbonyl (C=O) groups excluding carboxylic acids is 1. The van der Waals surface area contributed by atoms with E-state index in [1.54, 1.807) is 0 Å². The first-order chi connectivity index (χ1) is 12.6. The maximum atomic E-state index is 12.3. The zero-order valence-electron chi connectivity index (χ0n) is 14.3. The molecule has 0 radical (unpaired) electrons. The van der Waals surface area contributed by atoms with Gasteiger partial charge in [-0.1, -0.05) is 48.5 Å². The molecule has 0 atom stereocenters. The minimum absolute atomic E-state index is 0.0783. The minimum atomic E-state index is -0.822. The number of hydrogen-bond acceptors (Lipinski definition) is 2. The number of carboxylic acid groups (broad SMARTS) is 1. The molecule has 0 aliphatic heterocycles. The number of anilines is 1. The van der Waals surface area contributed by atoms with E-state index in [1.165, 1.54) is 21.5 Å². The fourth-order valence-electron chi connectivity index (χ4n) is 3.62. The highest BCUT2D eigenvalue weighted by Gasteiger charge is 2.12. The number of unbranched alkanes of at least 4 members (excludes halogenated alkanes) is 1. The van der Waals surface area contributed by atoms with Crippen molar-refractivity contribution in [2.75, 3.05) is 5.32 Å². The summed E-state index contributed by atoms with van der Waals surface area (Å²) in [5.74, 6) is -0.900. The first-order valence-corrected chi connectivity index (χ1v) is 8.82. The van der Waals surface area contributed by atoms with Crippen molar-refractivity contribution in [1.29, 1.82) is 0 Å². The fraction of sp³-hybridized carbons (Fsp3) is 0.182. The minimum Gasteiger partial charge on any atom is -0.481 e. The molecule has 0 fully saturated rings. The summed E-state index contributed by atoms with van der Waals surface area (Å²) in [6.45, 7) is 0. The fourth-order valence-corrected chi connectivity index (χ4v) is 3.62. The lowest BCUT2D eigenvalue weighted by molar-refractivity contribution is -0.137. The van der Waals surface area contributed by atoms with Gasteiger partial charge in [-0.05, 0) is 45.8 Å². The molecule has 0 bridgehead atoms. The molecular weight excluding hydrogens is 326 g/mol. The Morgan fingerprint density at radius 1 is 0.769 bits per heavy atom. The van der Waals surface area contributed by atoms with Gasteiger partial charge in [0.25, 0.3) is 0 Å². The Balaban J connectivity index is 1.65. The second-order valence-electron chi connectivity index (χ2n) is 6.62. The molecule has 0 spiro atoms. The first kappa shape index (κ1) is 16.3. The third-order valence-electron chi connectivity index (χ3n) is 4.85. The van der Waals surface area contributed by atoms with Crippen LogP contribution in [0.5, 0.6) is 0 Å². The molecule has 0 aromatic heterocycles. The van der Waals surface area contributed by atoms with Gasteiger partial charge in [0, 0.05) is 23.9 Å². The van der Waals surface area contributed by atoms with Crippen molar-refractivity contribution >= 4 is 49.9 Å². The maximum absolute atomic E-state index is 12.3. The van der Waals surface area contributed by atoms with E-state index < -0.39 is 5.97 Å². The largest absolute Gasteiger partial charge is 0.481 e. The van der Waals surface area contributed by atoms with E-state index in [4.69, 9.17) is 5.11 Å². The van der Waals surface area contributed by atoms with Crippen LogP contribution >= 0.6 is 0 Å². The molecule has 0 unspecified atom stereocenters. The number of amides is 1. The second-order valence-corrected chi connectivity index (χ2v) is 6.62. The average molecular weight is 345 g/mol. The monoisotopic (exact) mass is 345 g/mol. The normalized spacial score (nSPS) is 11.4. The lowest BCUT2D eigenvalue weighted by atomic mass is 9.93. The molecule has 1 amide bonds. The van der Waals surface area contributed by atoms with Crippen molar-refractivity contribution in [2.45, 2.75) is 25.7 Å². The molecule has 2 N–H and O–H groups in total. The summed E-state index contributed by atoms with van der Waals surface area (Å²) in [6.07, 6.45) is 1.52. The molecule has 4 heteroatoms. The van der Waals surface area contributed by atoms with Gasteiger partial charge in [0.05, 0.1) is 0 Å². The van der Waals surface area contributed by atoms with Gasteiger partial charge in [-0.15, -0.1) is 0 Å². The van der Waals surface area contributed by atoms with Gasteiger partial charge in [0.2, 0.25) is 5.91 Å². The lowest BCUT2D eigenvalue weighted by Crippen LogP contribution is -2.11. The summed E-state index contributed by atoms with van der Waals surface area (Å²) >= 11 is 0. The summed E-state index contributed by atoms with van der Waals surface area (Å²) in [5.41, 5.74) is 0.805. The van der Waals surface area contributed by atoms with E-state index in [9.17, 15) is 9.59 Å². The summed E-state index contributed by atoms with van der Waals surface area (Å²) in [6, 6.07) is 18.6. The van der Waals surface area contributed by atoms with Crippen LogP contribution in [0.3, 0.4) is 0 Å². The van der Waals surface area contributed by atoms with Gasteiger partial charge in [-0.25, -0.2) is 0 Å². The van der Waals surface area contributed by atoms with Crippen LogP contribution in [0, 0.1) is 0 Å². The van der Waals surface area contributed by atoms with E-state index in [0.717, 1.165) is 16.5 Å². The molecule has 26 heavy (non-hydrogen) atoms. The SMILES string of the molecule is O=C(O)CCCCC(=O)Nc1ccc2ccc3cccc4ccc1c2c34. The van der Waals surface area contributed by atoms with Crippen LogP contribution < -0.4 is 5.32 Å². The van der Waals surface area contributed by atoms with E-state index in [-0.39, 0.29) is 12.3 Å². The van der Waals surface area contributed by atoms with Gasteiger partial charge in [-0.2, -0.15) is 0 Å². The molecule has 0 aliphatic carbocycles. The molecule has 0 saturated carbocycles. The molecule has 0 saturated heterocycles. The van der Waals surface area contributed by atoms with E-state index >= 15 is 0 Å². The molecular formula is C22H19NO3. The van der Waals surface area contributed by atoms with Crippen LogP contribution in [-0.4, -0.2) is 17.0 Å². The predicted molar refractivity (Wildman–Crippen MR) is 105 cm³/mol. The smallest absolute Gasteiger partial charge is 0.303 e. The van der Waals surface area contributed by atoms with Crippen molar-refractivity contribution in [3.05, 3.63) is 54.6 Å². The maximum Gasteiger partial charge on any atom is 0.303 e. The van der Waals surface area contributed by atoms with E-state index in [2.05, 4.69) is 47.8 Å². The average Bonchev–Trinajstić information content (AvgIpc) is 2.64. The second kappa shape index (κ2) is 6.64. The predicted octanol–water partition coefficient (Wildman–Crippen LogP) is 5.17. The third-order valence-corrected chi connectivity index (χ3v) is 4.85. The van der Waals surface area contributed by atoms with Crippen molar-refractivity contribution in [3.8, 4) is 0 Å². The zero-order valence-corrected chi connectivity index (χ0v) is 14.3. The highest BCUT2D eigenvalue weighted by molar-refractivity contribution is 6.25. The van der Waals surface area contributed by atoms with Crippen molar-refractivity contribution < 1.29 is 14.7 Å². The van der Waals surface area contributed by atoms with Crippen LogP contribution in [-0.2, 0) is 9.59 Å². The zero-order chi connectivity index (χ0) is 18.1. The van der Waals surface area contributed by atoms with Crippen molar-refractivity contribution in [2.24, 2.45) is 0 Å². The van der Waals surface area contributed by atoms with Gasteiger partial charge in [0.1, 0.15) is 0 Å². The van der Waals surface area contributed by atoms with Crippen LogP contribution in [0.1, 0.15) is 25.7 Å². The molecule has 4 rings (SSSR count). The van der Waals surface area contributed by atoms with E-state index in [0.29, 0.717) is 19.3 Å². The van der Waals surface area contributed by atoms with Crippen LogP contribution in [0.2, 0.25) is 0 Å². The molecule has 0 aliphatic rings. The highest BCUT2D eigenvalue weighted by Crippen LogP contribution is 2.37. The van der Waals surface area contributed by atoms with Crippen molar-refractivity contribution in [3.63, 3.8) is 0 Å². The number of nitrogens with one attached hydrogen (secondary N) is 1. The van der Waals surface area contributed by atoms with Gasteiger partial charge >= 0.3 is 5.97 Å². The highest BCUT2D eigenvalue weighted by atomic mass is 16.4. The molecule has 130 valence electrons. The van der Waals surface area contributed by atoms with Crippen molar-refractivity contribution in [1.82, 2.24) is 0 Å². The Hall–Kier alpha value is -3.14. The summed E-state index contributed by atoms with van der Waals surface area (Å²) in [7, 11) is 0. The van der Waals surface area contributed by atoms with Gasteiger partial charge in [-0.3, -0.25) is 9.59 Å². The Bertz CT molecular complexity index is 1100. The number of rotatable bonds is 6. The Kier molecular flexibility index (Phi) is 4.17. The number of carbonyl (C=O) groups is 2. The number of hydrogen-bond donors (Lipinski definition) is 2. The van der Waals surface area contributed by atoms with Crippen LogP contribution in [0.4, 0.5) is 5.69 Å². The molecule has 4 aromatic carbocycles. The van der Waals surface area contributed by atoms with E-state index in [1.807, 2.05) is 12.1 Å². The molecule has 0 heterocycles. The first-order valence-electron chi connectivity index (χ1n) is 8.82. The van der Waals surface area contributed by atoms with Gasteiger partial charge < -0.3 is 10.4 Å². The third kappa shape index (κ3) is 2.94. The lowest BCUT2D eigenvalue weighted by Gasteiger charge is -2.14. The summed E-state index contributed by atoms with van der Waals surface area (Å²) in [4.78, 5) is 22.8. The topological polar surface area (TPSA) is 66.4 Å². The number of aliphatic carboxylic acids is 1. The Labute approximate surface area is 150 Å². The van der Waals surface area contributed by atoms with Crippen LogP contribution in [0.25, 0.3) is 32.3 Å². The van der Waals surface area contributed by atoms with Crippen LogP contribution in [0.15, 0.2) is 54.6 Å². The quantitative estimate of drug-likeness (QED) is 0.374. The summed E-state index contributed by atoms with van der Waals surface area (Å²) in [5, 5.41) is 18.6. The van der Waals surface area contributed by atoms with Gasteiger partial charge in [0.15, 0.2) is 0 Å². The Morgan fingerprint density at radius 3 is 2.12 bits per heavy atom. The standard InChI is InChI=1S/C22H19NO3/c24-19(6-1-2-7-20(25)26)23-18-13-11-16-9-8-14-4-3-5-15-10-12-17(18)22(16)21(14)15/h3-5,8-13H,1-2,6-7H2,(H,23,24)(H,25,26). The number of carboxylic acids is 1. The molecule has 4 aromatic rings. The summed E-state index contributed by atoms with van der Waals surface area (Å²) < 4.78 is 0. The Morgan fingerprint density at radius 2 is 1.38 bits per heavy atom. The number of benzene rings is 4.